The van der Waals surface area contributed by atoms with Crippen molar-refractivity contribution in [2.24, 2.45) is 0 Å². The standard InChI is InChI=1S/C19H23NO3S/c1-13-11-12-24-17(13)19(22)23-15(3)18(21)20-14(2)9-10-16-7-5-4-6-8-16/h4-8,11-12,14-15H,9-10H2,1-3H3,(H,20,21)/t14-,15+/m0/s1. The highest BCUT2D eigenvalue weighted by atomic mass is 32.1. The Kier molecular flexibility index (Phi) is 6.55. The van der Waals surface area contributed by atoms with Gasteiger partial charge in [-0.25, -0.2) is 4.79 Å². The highest BCUT2D eigenvalue weighted by Crippen LogP contribution is 2.17. The molecule has 1 aromatic heterocycles. The van der Waals surface area contributed by atoms with Gasteiger partial charge >= 0.3 is 5.97 Å². The Morgan fingerprint density at radius 1 is 1.17 bits per heavy atom. The molecule has 0 spiro atoms. The lowest BCUT2D eigenvalue weighted by Gasteiger charge is -2.18. The molecule has 2 aromatic rings. The number of hydrogen-bond acceptors (Lipinski definition) is 4. The number of ether oxygens (including phenoxy) is 1. The van der Waals surface area contributed by atoms with Crippen molar-refractivity contribution in [3.05, 3.63) is 57.8 Å². The summed E-state index contributed by atoms with van der Waals surface area (Å²) in [6.45, 7) is 5.41. The van der Waals surface area contributed by atoms with Gasteiger partial charge in [-0.15, -0.1) is 11.3 Å². The minimum atomic E-state index is -0.807. The molecule has 24 heavy (non-hydrogen) atoms. The largest absolute Gasteiger partial charge is 0.448 e. The van der Waals surface area contributed by atoms with Gasteiger partial charge in [-0.2, -0.15) is 0 Å². The van der Waals surface area contributed by atoms with Gasteiger partial charge in [0.1, 0.15) is 4.88 Å². The Balaban J connectivity index is 1.78. The van der Waals surface area contributed by atoms with E-state index in [-0.39, 0.29) is 11.9 Å². The first-order valence-corrected chi connectivity index (χ1v) is 8.94. The predicted octanol–water partition coefficient (Wildman–Crippen LogP) is 3.74. The van der Waals surface area contributed by atoms with Crippen LogP contribution >= 0.6 is 11.3 Å². The second-order valence-electron chi connectivity index (χ2n) is 5.91. The molecule has 2 rings (SSSR count). The number of esters is 1. The van der Waals surface area contributed by atoms with Gasteiger partial charge in [0, 0.05) is 6.04 Å². The monoisotopic (exact) mass is 345 g/mol. The van der Waals surface area contributed by atoms with Crippen LogP contribution in [0, 0.1) is 6.92 Å². The van der Waals surface area contributed by atoms with Gasteiger partial charge < -0.3 is 10.1 Å². The van der Waals surface area contributed by atoms with Crippen LogP contribution < -0.4 is 5.32 Å². The molecule has 0 aliphatic carbocycles. The molecular weight excluding hydrogens is 322 g/mol. The van der Waals surface area contributed by atoms with Crippen LogP contribution in [0.2, 0.25) is 0 Å². The zero-order valence-electron chi connectivity index (χ0n) is 14.2. The smallest absolute Gasteiger partial charge is 0.349 e. The number of nitrogens with one attached hydrogen (secondary N) is 1. The van der Waals surface area contributed by atoms with E-state index in [2.05, 4.69) is 17.4 Å². The molecule has 2 atom stereocenters. The molecule has 0 aliphatic heterocycles. The molecule has 0 fully saturated rings. The van der Waals surface area contributed by atoms with Gasteiger partial charge in [-0.3, -0.25) is 4.79 Å². The lowest BCUT2D eigenvalue weighted by atomic mass is 10.1. The molecule has 5 heteroatoms. The zero-order valence-corrected chi connectivity index (χ0v) is 15.1. The molecule has 0 radical (unpaired) electrons. The molecule has 0 saturated carbocycles. The number of rotatable bonds is 7. The summed E-state index contributed by atoms with van der Waals surface area (Å²) in [4.78, 5) is 24.8. The van der Waals surface area contributed by atoms with E-state index in [1.807, 2.05) is 43.5 Å². The fourth-order valence-electron chi connectivity index (χ4n) is 2.31. The second-order valence-corrected chi connectivity index (χ2v) is 6.83. The van der Waals surface area contributed by atoms with Crippen LogP contribution in [0.1, 0.15) is 41.1 Å². The van der Waals surface area contributed by atoms with Gasteiger partial charge in [0.25, 0.3) is 5.91 Å². The average molecular weight is 345 g/mol. The number of thiophene rings is 1. The summed E-state index contributed by atoms with van der Waals surface area (Å²) in [7, 11) is 0. The normalized spacial score (nSPS) is 13.1. The van der Waals surface area contributed by atoms with Crippen LogP contribution in [-0.2, 0) is 16.0 Å². The minimum Gasteiger partial charge on any atom is -0.448 e. The molecule has 1 aromatic carbocycles. The van der Waals surface area contributed by atoms with Crippen molar-refractivity contribution in [1.82, 2.24) is 5.32 Å². The van der Waals surface area contributed by atoms with Crippen molar-refractivity contribution in [1.29, 1.82) is 0 Å². The number of carbonyl (C=O) groups excluding carboxylic acids is 2. The van der Waals surface area contributed by atoms with Crippen LogP contribution in [0.5, 0.6) is 0 Å². The van der Waals surface area contributed by atoms with Gasteiger partial charge in [0.2, 0.25) is 0 Å². The summed E-state index contributed by atoms with van der Waals surface area (Å²) < 4.78 is 5.26. The second kappa shape index (κ2) is 8.64. The van der Waals surface area contributed by atoms with E-state index in [0.29, 0.717) is 4.88 Å². The van der Waals surface area contributed by atoms with Crippen molar-refractivity contribution in [3.63, 3.8) is 0 Å². The van der Waals surface area contributed by atoms with E-state index in [1.165, 1.54) is 16.9 Å². The summed E-state index contributed by atoms with van der Waals surface area (Å²) in [5.74, 6) is -0.708. The average Bonchev–Trinajstić information content (AvgIpc) is 3.00. The SMILES string of the molecule is Cc1ccsc1C(=O)O[C@H](C)C(=O)N[C@@H](C)CCc1ccccc1. The molecule has 0 bridgehead atoms. The summed E-state index contributed by atoms with van der Waals surface area (Å²) >= 11 is 1.32. The first kappa shape index (κ1) is 18.2. The fourth-order valence-corrected chi connectivity index (χ4v) is 3.12. The van der Waals surface area contributed by atoms with E-state index < -0.39 is 12.1 Å². The topological polar surface area (TPSA) is 55.4 Å². The lowest BCUT2D eigenvalue weighted by molar-refractivity contribution is -0.129. The summed E-state index contributed by atoms with van der Waals surface area (Å²) in [6, 6.07) is 12.0. The highest BCUT2D eigenvalue weighted by Gasteiger charge is 2.21. The van der Waals surface area contributed by atoms with Crippen molar-refractivity contribution in [2.75, 3.05) is 0 Å². The highest BCUT2D eigenvalue weighted by molar-refractivity contribution is 7.12. The van der Waals surface area contributed by atoms with Crippen LogP contribution in [0.3, 0.4) is 0 Å². The van der Waals surface area contributed by atoms with E-state index in [1.54, 1.807) is 6.92 Å². The predicted molar refractivity (Wildman–Crippen MR) is 96.3 cm³/mol. The molecular formula is C19H23NO3S. The third kappa shape index (κ3) is 5.20. The molecule has 1 heterocycles. The first-order chi connectivity index (χ1) is 11.5. The van der Waals surface area contributed by atoms with Crippen molar-refractivity contribution < 1.29 is 14.3 Å². The van der Waals surface area contributed by atoms with Gasteiger partial charge in [0.05, 0.1) is 0 Å². The molecule has 1 N–H and O–H groups in total. The summed E-state index contributed by atoms with van der Waals surface area (Å²) in [6.07, 6.45) is 0.920. The lowest BCUT2D eigenvalue weighted by Crippen LogP contribution is -2.41. The Morgan fingerprint density at radius 3 is 2.50 bits per heavy atom. The summed E-state index contributed by atoms with van der Waals surface area (Å²) in [5, 5.41) is 4.74. The maximum atomic E-state index is 12.2. The maximum Gasteiger partial charge on any atom is 0.349 e. The Hall–Kier alpha value is -2.14. The molecule has 128 valence electrons. The van der Waals surface area contributed by atoms with Crippen LogP contribution in [0.15, 0.2) is 41.8 Å². The molecule has 1 amide bonds. The molecule has 0 saturated heterocycles. The van der Waals surface area contributed by atoms with Crippen LogP contribution in [-0.4, -0.2) is 24.0 Å². The molecule has 0 unspecified atom stereocenters. The third-order valence-corrected chi connectivity index (χ3v) is 4.79. The molecule has 4 nitrogen and oxygen atoms in total. The minimum absolute atomic E-state index is 0.0160. The number of benzene rings is 1. The van der Waals surface area contributed by atoms with E-state index in [4.69, 9.17) is 4.74 Å². The molecule has 0 aliphatic rings. The number of amides is 1. The maximum absolute atomic E-state index is 12.2. The Labute approximate surface area is 146 Å². The van der Waals surface area contributed by atoms with E-state index >= 15 is 0 Å². The quantitative estimate of drug-likeness (QED) is 0.778. The number of aryl methyl sites for hydroxylation is 2. The van der Waals surface area contributed by atoms with E-state index in [0.717, 1.165) is 18.4 Å². The van der Waals surface area contributed by atoms with Gasteiger partial charge in [-0.05, 0) is 56.2 Å². The number of carbonyl (C=O) groups is 2. The first-order valence-electron chi connectivity index (χ1n) is 8.06. The van der Waals surface area contributed by atoms with Crippen molar-refractivity contribution >= 4 is 23.2 Å². The Morgan fingerprint density at radius 2 is 1.88 bits per heavy atom. The number of hydrogen-bond donors (Lipinski definition) is 1. The zero-order chi connectivity index (χ0) is 17.5. The van der Waals surface area contributed by atoms with Gasteiger partial charge in [-0.1, -0.05) is 30.3 Å². The Bertz CT molecular complexity index is 681. The van der Waals surface area contributed by atoms with Crippen molar-refractivity contribution in [2.45, 2.75) is 45.8 Å². The van der Waals surface area contributed by atoms with Crippen LogP contribution in [0.25, 0.3) is 0 Å². The summed E-state index contributed by atoms with van der Waals surface area (Å²) in [5.41, 5.74) is 2.11. The fraction of sp³-hybridized carbons (Fsp3) is 0.368. The van der Waals surface area contributed by atoms with E-state index in [9.17, 15) is 9.59 Å². The van der Waals surface area contributed by atoms with Crippen LogP contribution in [0.4, 0.5) is 0 Å². The van der Waals surface area contributed by atoms with Crippen molar-refractivity contribution in [3.8, 4) is 0 Å². The third-order valence-electron chi connectivity index (χ3n) is 3.80. The van der Waals surface area contributed by atoms with Gasteiger partial charge in [0.15, 0.2) is 6.10 Å².